The average molecular weight is 253 g/mol. The summed E-state index contributed by atoms with van der Waals surface area (Å²) in [4.78, 5) is 7.98. The first-order valence-electron chi connectivity index (χ1n) is 6.36. The number of fused-ring (bicyclic) bond motifs is 1. The van der Waals surface area contributed by atoms with Gasteiger partial charge in [-0.15, -0.1) is 0 Å². The highest BCUT2D eigenvalue weighted by atomic mass is 16.3. The van der Waals surface area contributed by atoms with Crippen LogP contribution in [0.25, 0.3) is 11.0 Å². The number of nitrogens with one attached hydrogen (secondary N) is 1. The zero-order valence-electron chi connectivity index (χ0n) is 10.8. The second kappa shape index (κ2) is 5.10. The van der Waals surface area contributed by atoms with Crippen LogP contribution in [0, 0.1) is 0 Å². The Labute approximate surface area is 111 Å². The first-order chi connectivity index (χ1) is 9.38. The molecule has 0 amide bonds. The number of furan rings is 1. The van der Waals surface area contributed by atoms with Crippen LogP contribution in [0.4, 0.5) is 5.69 Å². The van der Waals surface area contributed by atoms with Gasteiger partial charge in [0.25, 0.3) is 0 Å². The van der Waals surface area contributed by atoms with Crippen molar-refractivity contribution < 1.29 is 4.42 Å². The van der Waals surface area contributed by atoms with E-state index in [9.17, 15) is 0 Å². The number of rotatable bonds is 4. The molecule has 0 unspecified atom stereocenters. The fourth-order valence-electron chi connectivity index (χ4n) is 2.21. The van der Waals surface area contributed by atoms with Crippen molar-refractivity contribution in [1.29, 1.82) is 0 Å². The van der Waals surface area contributed by atoms with Crippen molar-refractivity contribution in [3.05, 3.63) is 54.3 Å². The zero-order valence-corrected chi connectivity index (χ0v) is 10.8. The number of anilines is 1. The van der Waals surface area contributed by atoms with E-state index in [1.54, 1.807) is 12.4 Å². The van der Waals surface area contributed by atoms with Crippen LogP contribution in [-0.4, -0.2) is 9.97 Å². The van der Waals surface area contributed by atoms with Crippen molar-refractivity contribution in [2.75, 3.05) is 5.32 Å². The fraction of sp³-hybridized carbons (Fsp3) is 0.200. The van der Waals surface area contributed by atoms with E-state index < -0.39 is 0 Å². The first kappa shape index (κ1) is 11.7. The van der Waals surface area contributed by atoms with Crippen molar-refractivity contribution in [3.8, 4) is 0 Å². The molecule has 96 valence electrons. The summed E-state index contributed by atoms with van der Waals surface area (Å²) in [6.45, 7) is 2.82. The van der Waals surface area contributed by atoms with E-state index in [2.05, 4.69) is 28.3 Å². The van der Waals surface area contributed by atoms with E-state index in [4.69, 9.17) is 4.42 Å². The van der Waals surface area contributed by atoms with Gasteiger partial charge < -0.3 is 9.73 Å². The number of aromatic nitrogens is 2. The van der Waals surface area contributed by atoms with Crippen molar-refractivity contribution in [3.63, 3.8) is 0 Å². The quantitative estimate of drug-likeness (QED) is 0.774. The van der Waals surface area contributed by atoms with Crippen LogP contribution in [0.2, 0.25) is 0 Å². The lowest BCUT2D eigenvalue weighted by atomic mass is 10.1. The lowest BCUT2D eigenvalue weighted by Crippen LogP contribution is -2.01. The van der Waals surface area contributed by atoms with Crippen LogP contribution in [0.3, 0.4) is 0 Å². The third-order valence-corrected chi connectivity index (χ3v) is 3.13. The maximum absolute atomic E-state index is 5.87. The highest BCUT2D eigenvalue weighted by molar-refractivity contribution is 5.82. The number of benzene rings is 1. The lowest BCUT2D eigenvalue weighted by molar-refractivity contribution is 0.551. The third kappa shape index (κ3) is 2.29. The van der Waals surface area contributed by atoms with Crippen LogP contribution in [0.5, 0.6) is 0 Å². The summed E-state index contributed by atoms with van der Waals surface area (Å²) in [5, 5.41) is 4.50. The standard InChI is InChI=1S/C15H15N3O/c1-2-14-13(9-18-11-7-16-10-17-8-11)12-5-3-4-6-15(12)19-14/h3-8,10,18H,2,9H2,1H3. The van der Waals surface area contributed by atoms with Gasteiger partial charge in [-0.3, -0.25) is 0 Å². The van der Waals surface area contributed by atoms with Crippen LogP contribution < -0.4 is 5.32 Å². The summed E-state index contributed by atoms with van der Waals surface area (Å²) in [5.41, 5.74) is 3.07. The molecular formula is C15H15N3O. The van der Waals surface area contributed by atoms with E-state index in [-0.39, 0.29) is 0 Å². The van der Waals surface area contributed by atoms with Gasteiger partial charge in [-0.2, -0.15) is 0 Å². The Morgan fingerprint density at radius 2 is 1.95 bits per heavy atom. The van der Waals surface area contributed by atoms with Crippen molar-refractivity contribution in [2.24, 2.45) is 0 Å². The van der Waals surface area contributed by atoms with E-state index in [0.717, 1.165) is 23.5 Å². The average Bonchev–Trinajstić information content (AvgIpc) is 2.84. The second-order valence-corrected chi connectivity index (χ2v) is 4.33. The van der Waals surface area contributed by atoms with Gasteiger partial charge in [0.15, 0.2) is 0 Å². The van der Waals surface area contributed by atoms with E-state index in [1.807, 2.05) is 18.2 Å². The molecule has 0 bridgehead atoms. The molecule has 1 N–H and O–H groups in total. The van der Waals surface area contributed by atoms with Gasteiger partial charge in [-0.05, 0) is 6.07 Å². The minimum Gasteiger partial charge on any atom is -0.461 e. The molecule has 19 heavy (non-hydrogen) atoms. The summed E-state index contributed by atoms with van der Waals surface area (Å²) in [7, 11) is 0. The molecular weight excluding hydrogens is 238 g/mol. The van der Waals surface area contributed by atoms with Crippen LogP contribution >= 0.6 is 0 Å². The molecule has 0 atom stereocenters. The number of nitrogens with zero attached hydrogens (tertiary/aromatic N) is 2. The largest absolute Gasteiger partial charge is 0.461 e. The Morgan fingerprint density at radius 3 is 2.74 bits per heavy atom. The number of hydrogen-bond acceptors (Lipinski definition) is 4. The number of hydrogen-bond donors (Lipinski definition) is 1. The van der Waals surface area contributed by atoms with Gasteiger partial charge in [-0.25, -0.2) is 9.97 Å². The molecule has 0 saturated heterocycles. The first-order valence-corrected chi connectivity index (χ1v) is 6.36. The molecule has 0 saturated carbocycles. The molecule has 0 aliphatic carbocycles. The molecule has 4 heteroatoms. The molecule has 0 radical (unpaired) electrons. The van der Waals surface area contributed by atoms with Gasteiger partial charge in [0.05, 0.1) is 18.1 Å². The molecule has 2 heterocycles. The summed E-state index contributed by atoms with van der Waals surface area (Å²) in [6, 6.07) is 8.13. The minimum atomic E-state index is 0.716. The number of aryl methyl sites for hydroxylation is 1. The highest BCUT2D eigenvalue weighted by Crippen LogP contribution is 2.26. The summed E-state index contributed by atoms with van der Waals surface area (Å²) >= 11 is 0. The SMILES string of the molecule is CCc1oc2ccccc2c1CNc1cncnc1. The maximum atomic E-state index is 5.87. The van der Waals surface area contributed by atoms with Crippen LogP contribution in [0.15, 0.2) is 47.4 Å². The van der Waals surface area contributed by atoms with Gasteiger partial charge in [0.2, 0.25) is 0 Å². The van der Waals surface area contributed by atoms with Crippen molar-refractivity contribution >= 4 is 16.7 Å². The third-order valence-electron chi connectivity index (χ3n) is 3.13. The maximum Gasteiger partial charge on any atom is 0.134 e. The molecule has 0 aliphatic rings. The Balaban J connectivity index is 1.91. The minimum absolute atomic E-state index is 0.716. The summed E-state index contributed by atoms with van der Waals surface area (Å²) in [5.74, 6) is 1.03. The topological polar surface area (TPSA) is 51.0 Å². The normalized spacial score (nSPS) is 10.8. The predicted octanol–water partition coefficient (Wildman–Crippen LogP) is 3.40. The molecule has 4 nitrogen and oxygen atoms in total. The van der Waals surface area contributed by atoms with E-state index >= 15 is 0 Å². The van der Waals surface area contributed by atoms with Crippen molar-refractivity contribution in [1.82, 2.24) is 9.97 Å². The molecule has 1 aromatic carbocycles. The molecule has 0 fully saturated rings. The summed E-state index contributed by atoms with van der Waals surface area (Å²) in [6.07, 6.45) is 5.94. The molecule has 3 rings (SSSR count). The van der Waals surface area contributed by atoms with Gasteiger partial charge in [0, 0.05) is 23.9 Å². The second-order valence-electron chi connectivity index (χ2n) is 4.33. The van der Waals surface area contributed by atoms with Crippen LogP contribution in [-0.2, 0) is 13.0 Å². The fourth-order valence-corrected chi connectivity index (χ4v) is 2.21. The monoisotopic (exact) mass is 253 g/mol. The molecule has 3 aromatic rings. The summed E-state index contributed by atoms with van der Waals surface area (Å²) < 4.78 is 5.87. The van der Waals surface area contributed by atoms with E-state index in [0.29, 0.717) is 6.54 Å². The van der Waals surface area contributed by atoms with Gasteiger partial charge in [-0.1, -0.05) is 25.1 Å². The van der Waals surface area contributed by atoms with Gasteiger partial charge in [0.1, 0.15) is 17.7 Å². The Bertz CT molecular complexity index is 676. The Morgan fingerprint density at radius 1 is 1.16 bits per heavy atom. The highest BCUT2D eigenvalue weighted by Gasteiger charge is 2.11. The van der Waals surface area contributed by atoms with Crippen LogP contribution in [0.1, 0.15) is 18.2 Å². The zero-order chi connectivity index (χ0) is 13.1. The van der Waals surface area contributed by atoms with E-state index in [1.165, 1.54) is 17.3 Å². The lowest BCUT2D eigenvalue weighted by Gasteiger charge is -2.05. The molecule has 0 aliphatic heterocycles. The molecule has 0 spiro atoms. The van der Waals surface area contributed by atoms with Crippen molar-refractivity contribution in [2.45, 2.75) is 19.9 Å². The number of para-hydroxylation sites is 1. The Hall–Kier alpha value is -2.36. The predicted molar refractivity (Wildman–Crippen MR) is 75.0 cm³/mol. The Kier molecular flexibility index (Phi) is 3.14. The van der Waals surface area contributed by atoms with Gasteiger partial charge >= 0.3 is 0 Å². The molecule has 2 aromatic heterocycles. The smallest absolute Gasteiger partial charge is 0.134 e.